The highest BCUT2D eigenvalue weighted by molar-refractivity contribution is 5.77. The molecule has 18 heavy (non-hydrogen) atoms. The third-order valence-electron chi connectivity index (χ3n) is 5.03. The second-order valence-corrected chi connectivity index (χ2v) is 6.63. The molecule has 0 radical (unpaired) electrons. The summed E-state index contributed by atoms with van der Waals surface area (Å²) in [5.74, 6) is 0.357. The van der Waals surface area contributed by atoms with Crippen molar-refractivity contribution in [2.24, 2.45) is 5.41 Å². The molecule has 0 aromatic rings. The van der Waals surface area contributed by atoms with E-state index in [4.69, 9.17) is 5.11 Å². The Morgan fingerprint density at radius 2 is 1.89 bits per heavy atom. The number of carbonyl (C=O) groups excluding carboxylic acids is 1. The van der Waals surface area contributed by atoms with E-state index in [0.29, 0.717) is 23.4 Å². The average molecular weight is 252 g/mol. The van der Waals surface area contributed by atoms with E-state index < -0.39 is 0 Å². The summed E-state index contributed by atoms with van der Waals surface area (Å²) in [6.45, 7) is 4.99. The zero-order chi connectivity index (χ0) is 12.8. The highest BCUT2D eigenvalue weighted by atomic mass is 16.3. The van der Waals surface area contributed by atoms with Crippen LogP contribution in [-0.4, -0.2) is 59.1 Å². The van der Waals surface area contributed by atoms with Crippen LogP contribution in [0, 0.1) is 5.41 Å². The van der Waals surface area contributed by atoms with Crippen LogP contribution < -0.4 is 0 Å². The minimum Gasteiger partial charge on any atom is -0.395 e. The lowest BCUT2D eigenvalue weighted by molar-refractivity contribution is -0.135. The Kier molecular flexibility index (Phi) is 3.10. The molecule has 2 saturated heterocycles. The van der Waals surface area contributed by atoms with Gasteiger partial charge in [0, 0.05) is 38.1 Å². The van der Waals surface area contributed by atoms with Gasteiger partial charge in [0.1, 0.15) is 0 Å². The molecule has 3 aliphatic rings. The summed E-state index contributed by atoms with van der Waals surface area (Å²) >= 11 is 0. The van der Waals surface area contributed by atoms with Crippen molar-refractivity contribution in [3.63, 3.8) is 0 Å². The number of aliphatic hydroxyl groups excluding tert-OH is 1. The summed E-state index contributed by atoms with van der Waals surface area (Å²) in [6.07, 6.45) is 5.55. The number of amides is 1. The van der Waals surface area contributed by atoms with Crippen LogP contribution in [0.25, 0.3) is 0 Å². The smallest absolute Gasteiger partial charge is 0.223 e. The summed E-state index contributed by atoms with van der Waals surface area (Å²) in [6, 6.07) is 0.985. The lowest BCUT2D eigenvalue weighted by Gasteiger charge is -2.41. The average Bonchev–Trinajstić information content (AvgIpc) is 3.01. The number of aliphatic hydroxyl groups is 1. The second-order valence-electron chi connectivity index (χ2n) is 6.63. The summed E-state index contributed by atoms with van der Waals surface area (Å²) in [7, 11) is 0. The van der Waals surface area contributed by atoms with Crippen LogP contribution in [0.3, 0.4) is 0 Å². The maximum absolute atomic E-state index is 12.3. The van der Waals surface area contributed by atoms with Gasteiger partial charge in [0.15, 0.2) is 0 Å². The molecular weight excluding hydrogens is 228 g/mol. The number of rotatable bonds is 4. The Labute approximate surface area is 109 Å². The number of carbonyl (C=O) groups is 1. The number of hydrogen-bond donors (Lipinski definition) is 1. The first kappa shape index (κ1) is 12.4. The Bertz CT molecular complexity index is 327. The topological polar surface area (TPSA) is 43.8 Å². The molecule has 4 heteroatoms. The van der Waals surface area contributed by atoms with Gasteiger partial charge in [0.2, 0.25) is 5.91 Å². The predicted octanol–water partition coefficient (Wildman–Crippen LogP) is 0.844. The quantitative estimate of drug-likeness (QED) is 0.806. The number of hydrogen-bond acceptors (Lipinski definition) is 3. The molecule has 2 bridgehead atoms. The van der Waals surface area contributed by atoms with Crippen LogP contribution >= 0.6 is 0 Å². The van der Waals surface area contributed by atoms with Gasteiger partial charge < -0.3 is 10.0 Å². The van der Waals surface area contributed by atoms with Crippen molar-refractivity contribution in [3.05, 3.63) is 0 Å². The SMILES string of the molecule is CC1(CC(=O)N2CC3CCC(C2)N3CCO)CC1. The Balaban J connectivity index is 1.59. The minimum atomic E-state index is 0.235. The van der Waals surface area contributed by atoms with E-state index in [9.17, 15) is 4.79 Å². The van der Waals surface area contributed by atoms with Crippen LogP contribution in [0.1, 0.15) is 39.0 Å². The van der Waals surface area contributed by atoms with Gasteiger partial charge in [-0.2, -0.15) is 0 Å². The van der Waals surface area contributed by atoms with Gasteiger partial charge in [-0.3, -0.25) is 9.69 Å². The first-order valence-electron chi connectivity index (χ1n) is 7.26. The number of likely N-dealkylation sites (tertiary alicyclic amines) is 1. The van der Waals surface area contributed by atoms with E-state index >= 15 is 0 Å². The van der Waals surface area contributed by atoms with Crippen molar-refractivity contribution in [2.45, 2.75) is 51.1 Å². The van der Waals surface area contributed by atoms with E-state index in [1.54, 1.807) is 0 Å². The maximum atomic E-state index is 12.3. The molecule has 1 aliphatic carbocycles. The van der Waals surface area contributed by atoms with Gasteiger partial charge in [-0.15, -0.1) is 0 Å². The zero-order valence-corrected chi connectivity index (χ0v) is 11.3. The Morgan fingerprint density at radius 3 is 2.39 bits per heavy atom. The molecule has 1 saturated carbocycles. The molecule has 1 amide bonds. The molecule has 102 valence electrons. The number of piperazine rings is 1. The molecule has 1 N–H and O–H groups in total. The fourth-order valence-electron chi connectivity index (χ4n) is 3.54. The molecule has 4 nitrogen and oxygen atoms in total. The summed E-state index contributed by atoms with van der Waals surface area (Å²) in [5, 5.41) is 9.10. The van der Waals surface area contributed by atoms with Crippen molar-refractivity contribution in [3.8, 4) is 0 Å². The van der Waals surface area contributed by atoms with E-state index in [2.05, 4.69) is 16.7 Å². The van der Waals surface area contributed by atoms with Gasteiger partial charge in [-0.05, 0) is 31.1 Å². The first-order chi connectivity index (χ1) is 8.61. The van der Waals surface area contributed by atoms with Crippen LogP contribution in [0.4, 0.5) is 0 Å². The van der Waals surface area contributed by atoms with E-state index in [1.165, 1.54) is 25.7 Å². The summed E-state index contributed by atoms with van der Waals surface area (Å²) in [4.78, 5) is 16.8. The molecule has 3 rings (SSSR count). The summed E-state index contributed by atoms with van der Waals surface area (Å²) in [5.41, 5.74) is 0.318. The molecule has 2 atom stereocenters. The maximum Gasteiger partial charge on any atom is 0.223 e. The number of fused-ring (bicyclic) bond motifs is 2. The zero-order valence-electron chi connectivity index (χ0n) is 11.3. The monoisotopic (exact) mass is 252 g/mol. The minimum absolute atomic E-state index is 0.235. The molecule has 2 aliphatic heterocycles. The second kappa shape index (κ2) is 4.49. The van der Waals surface area contributed by atoms with Crippen molar-refractivity contribution >= 4 is 5.91 Å². The fraction of sp³-hybridized carbons (Fsp3) is 0.929. The molecule has 0 spiro atoms. The Morgan fingerprint density at radius 1 is 1.28 bits per heavy atom. The van der Waals surface area contributed by atoms with Gasteiger partial charge in [-0.1, -0.05) is 6.92 Å². The Hall–Kier alpha value is -0.610. The lowest BCUT2D eigenvalue weighted by Crippen LogP contribution is -2.56. The van der Waals surface area contributed by atoms with Gasteiger partial charge in [-0.25, -0.2) is 0 Å². The van der Waals surface area contributed by atoms with Crippen molar-refractivity contribution in [2.75, 3.05) is 26.2 Å². The van der Waals surface area contributed by atoms with Crippen molar-refractivity contribution in [1.29, 1.82) is 0 Å². The largest absolute Gasteiger partial charge is 0.395 e. The normalized spacial score (nSPS) is 33.8. The third kappa shape index (κ3) is 2.28. The van der Waals surface area contributed by atoms with Gasteiger partial charge in [0.25, 0.3) is 0 Å². The van der Waals surface area contributed by atoms with Crippen molar-refractivity contribution in [1.82, 2.24) is 9.80 Å². The molecule has 0 aromatic carbocycles. The highest BCUT2D eigenvalue weighted by Gasteiger charge is 2.44. The standard InChI is InChI=1S/C14H24N2O2/c1-14(4-5-14)8-13(18)15-9-11-2-3-12(10-15)16(11)6-7-17/h11-12,17H,2-10H2,1H3. The van der Waals surface area contributed by atoms with Gasteiger partial charge in [0.05, 0.1) is 6.61 Å². The lowest BCUT2D eigenvalue weighted by atomic mass is 10.0. The predicted molar refractivity (Wildman–Crippen MR) is 69.1 cm³/mol. The van der Waals surface area contributed by atoms with Crippen LogP contribution in [0.5, 0.6) is 0 Å². The van der Waals surface area contributed by atoms with Gasteiger partial charge >= 0.3 is 0 Å². The molecule has 2 heterocycles. The molecular formula is C14H24N2O2. The third-order valence-corrected chi connectivity index (χ3v) is 5.03. The highest BCUT2D eigenvalue weighted by Crippen LogP contribution is 2.48. The van der Waals surface area contributed by atoms with Crippen LogP contribution in [-0.2, 0) is 4.79 Å². The summed E-state index contributed by atoms with van der Waals surface area (Å²) < 4.78 is 0. The first-order valence-corrected chi connectivity index (χ1v) is 7.26. The molecule has 2 unspecified atom stereocenters. The molecule has 0 aromatic heterocycles. The van der Waals surface area contributed by atoms with Crippen LogP contribution in [0.15, 0.2) is 0 Å². The number of nitrogens with zero attached hydrogens (tertiary/aromatic N) is 2. The van der Waals surface area contributed by atoms with Crippen LogP contribution in [0.2, 0.25) is 0 Å². The molecule has 3 fully saturated rings. The fourth-order valence-corrected chi connectivity index (χ4v) is 3.54. The van der Waals surface area contributed by atoms with E-state index in [-0.39, 0.29) is 6.61 Å². The van der Waals surface area contributed by atoms with E-state index in [0.717, 1.165) is 26.1 Å². The van der Waals surface area contributed by atoms with E-state index in [1.807, 2.05) is 0 Å². The van der Waals surface area contributed by atoms with Crippen molar-refractivity contribution < 1.29 is 9.90 Å².